The molecule has 0 saturated heterocycles. The first-order valence-electron chi connectivity index (χ1n) is 19.6. The minimum absolute atomic E-state index is 0.0410. The predicted octanol–water partition coefficient (Wildman–Crippen LogP) is 12.6. The molecule has 0 fully saturated rings. The van der Waals surface area contributed by atoms with E-state index in [1.54, 1.807) is 84.9 Å². The molecular weight excluding hydrogens is 544 g/mol. The van der Waals surface area contributed by atoms with E-state index in [2.05, 4.69) is 0 Å². The molecule has 8 aromatic carbocycles. The summed E-state index contributed by atoms with van der Waals surface area (Å²) in [6.07, 6.45) is 0. The quantitative estimate of drug-likeness (QED) is 0.188. The molecule has 9 rings (SSSR count). The summed E-state index contributed by atoms with van der Waals surface area (Å²) in [4.78, 5) is 0. The van der Waals surface area contributed by atoms with Crippen LogP contribution in [-0.4, -0.2) is 0 Å². The summed E-state index contributed by atoms with van der Waals surface area (Å²) >= 11 is 0. The van der Waals surface area contributed by atoms with Crippen molar-refractivity contribution in [2.45, 2.75) is 0 Å². The lowest BCUT2D eigenvalue weighted by molar-refractivity contribution is 0.669. The lowest BCUT2D eigenvalue weighted by Gasteiger charge is -2.18. The Morgan fingerprint density at radius 3 is 1.38 bits per heavy atom. The number of furan rings is 1. The number of benzene rings is 8. The Bertz CT molecular complexity index is 3000. The van der Waals surface area contributed by atoms with E-state index >= 15 is 0 Å². The first-order valence-corrected chi connectivity index (χ1v) is 14.6. The molecule has 9 aromatic rings. The van der Waals surface area contributed by atoms with Crippen LogP contribution in [-0.2, 0) is 0 Å². The molecule has 210 valence electrons. The van der Waals surface area contributed by atoms with Crippen LogP contribution in [0.3, 0.4) is 0 Å². The van der Waals surface area contributed by atoms with Gasteiger partial charge in [0.15, 0.2) is 0 Å². The standard InChI is InChI=1S/C44H28O/c1-3-11-29(12-4-1)31-19-21-32(22-20-31)43-36-15-7-9-17-38(36)44(39-18-10-8-16-37(39)43)34-24-26-41-40(27-34)35-25-23-33(28-42(35)45-41)30-13-5-2-6-14-30/h1-28H/i19D,20D,21D,22D,23D,24D,25D,26D,27D,28D. The van der Waals surface area contributed by atoms with Crippen LogP contribution in [0.2, 0.25) is 0 Å². The molecule has 0 aliphatic heterocycles. The first kappa shape index (κ1) is 17.4. The van der Waals surface area contributed by atoms with Gasteiger partial charge < -0.3 is 4.42 Å². The highest BCUT2D eigenvalue weighted by atomic mass is 16.3. The van der Waals surface area contributed by atoms with Gasteiger partial charge >= 0.3 is 0 Å². The third-order valence-corrected chi connectivity index (χ3v) is 8.19. The van der Waals surface area contributed by atoms with Crippen molar-refractivity contribution < 1.29 is 18.1 Å². The van der Waals surface area contributed by atoms with Crippen molar-refractivity contribution in [3.8, 4) is 44.5 Å². The minimum Gasteiger partial charge on any atom is -0.456 e. The second-order valence-corrected chi connectivity index (χ2v) is 10.8. The van der Waals surface area contributed by atoms with Crippen LogP contribution in [0.15, 0.2) is 174 Å². The number of hydrogen-bond donors (Lipinski definition) is 0. The van der Waals surface area contributed by atoms with Crippen molar-refractivity contribution >= 4 is 43.5 Å². The third-order valence-electron chi connectivity index (χ3n) is 8.19. The van der Waals surface area contributed by atoms with Gasteiger partial charge in [-0.3, -0.25) is 0 Å². The summed E-state index contributed by atoms with van der Waals surface area (Å²) in [5.74, 6) is 0. The molecule has 0 atom stereocenters. The average Bonchev–Trinajstić information content (AvgIpc) is 3.62. The van der Waals surface area contributed by atoms with Crippen LogP contribution in [0.25, 0.3) is 88.0 Å². The van der Waals surface area contributed by atoms with Crippen LogP contribution < -0.4 is 0 Å². The van der Waals surface area contributed by atoms with Crippen LogP contribution in [0.5, 0.6) is 0 Å². The smallest absolute Gasteiger partial charge is 0.136 e. The summed E-state index contributed by atoms with van der Waals surface area (Å²) < 4.78 is 98.1. The monoisotopic (exact) mass is 582 g/mol. The second kappa shape index (κ2) is 10.4. The highest BCUT2D eigenvalue weighted by molar-refractivity contribution is 6.22. The van der Waals surface area contributed by atoms with Crippen LogP contribution in [0, 0.1) is 0 Å². The molecule has 1 aromatic heterocycles. The summed E-state index contributed by atoms with van der Waals surface area (Å²) in [5.41, 5.74) is 2.46. The molecule has 0 radical (unpaired) electrons. The second-order valence-electron chi connectivity index (χ2n) is 10.8. The molecule has 45 heavy (non-hydrogen) atoms. The fourth-order valence-electron chi connectivity index (χ4n) is 6.12. The highest BCUT2D eigenvalue weighted by Gasteiger charge is 2.18. The molecule has 0 unspecified atom stereocenters. The van der Waals surface area contributed by atoms with E-state index in [1.165, 1.54) is 0 Å². The summed E-state index contributed by atoms with van der Waals surface area (Å²) in [6.45, 7) is 0. The average molecular weight is 583 g/mol. The Balaban J connectivity index is 1.40. The van der Waals surface area contributed by atoms with Gasteiger partial charge in [0.25, 0.3) is 0 Å². The van der Waals surface area contributed by atoms with Crippen molar-refractivity contribution in [3.63, 3.8) is 0 Å². The van der Waals surface area contributed by atoms with Gasteiger partial charge in [0, 0.05) is 10.8 Å². The van der Waals surface area contributed by atoms with Crippen LogP contribution in [0.4, 0.5) is 0 Å². The van der Waals surface area contributed by atoms with Crippen LogP contribution >= 0.6 is 0 Å². The van der Waals surface area contributed by atoms with Crippen molar-refractivity contribution in [1.82, 2.24) is 0 Å². The van der Waals surface area contributed by atoms with E-state index in [0.29, 0.717) is 43.8 Å². The molecule has 1 nitrogen and oxygen atoms in total. The maximum Gasteiger partial charge on any atom is 0.136 e. The minimum atomic E-state index is -0.336. The Morgan fingerprint density at radius 2 is 0.778 bits per heavy atom. The zero-order valence-corrected chi connectivity index (χ0v) is 23.8. The molecule has 1 heterocycles. The summed E-state index contributed by atoms with van der Waals surface area (Å²) in [6, 6.07) is 29.9. The zero-order chi connectivity index (χ0) is 38.4. The van der Waals surface area contributed by atoms with E-state index in [0.717, 1.165) is 0 Å². The Morgan fingerprint density at radius 1 is 0.311 bits per heavy atom. The SMILES string of the molecule is [2H]c1c([2H])c(-c2c3ccccc3c(-c3c([2H])c([2H])c4oc5c([2H])c(-c6ccccc6)c([2H])c([2H])c5c4c3[2H])c3ccccc23)c([2H])c([2H])c1-c1ccccc1. The summed E-state index contributed by atoms with van der Waals surface area (Å²) in [5, 5.41) is 2.33. The Kier molecular flexibility index (Phi) is 4.01. The van der Waals surface area contributed by atoms with Gasteiger partial charge in [-0.1, -0.05) is 145 Å². The predicted molar refractivity (Wildman–Crippen MR) is 190 cm³/mol. The third kappa shape index (κ3) is 4.24. The topological polar surface area (TPSA) is 13.1 Å². The van der Waals surface area contributed by atoms with Gasteiger partial charge in [-0.05, 0) is 90.2 Å². The van der Waals surface area contributed by atoms with Gasteiger partial charge in [0.1, 0.15) is 11.2 Å². The van der Waals surface area contributed by atoms with Gasteiger partial charge in [-0.15, -0.1) is 0 Å². The van der Waals surface area contributed by atoms with Gasteiger partial charge in [0.2, 0.25) is 0 Å². The van der Waals surface area contributed by atoms with Crippen molar-refractivity contribution in [2.24, 2.45) is 0 Å². The molecule has 0 aliphatic rings. The lowest BCUT2D eigenvalue weighted by Crippen LogP contribution is -1.91. The van der Waals surface area contributed by atoms with Crippen molar-refractivity contribution in [2.75, 3.05) is 0 Å². The molecule has 0 spiro atoms. The molecule has 1 heteroatoms. The number of rotatable bonds is 4. The highest BCUT2D eigenvalue weighted by Crippen LogP contribution is 2.45. The maximum atomic E-state index is 9.69. The molecule has 0 saturated carbocycles. The van der Waals surface area contributed by atoms with Crippen molar-refractivity contribution in [3.05, 3.63) is 170 Å². The van der Waals surface area contributed by atoms with Gasteiger partial charge in [0.05, 0.1) is 13.7 Å². The van der Waals surface area contributed by atoms with E-state index in [-0.39, 0.29) is 105 Å². The molecule has 0 N–H and O–H groups in total. The fourth-order valence-corrected chi connectivity index (χ4v) is 6.12. The molecule has 0 amide bonds. The van der Waals surface area contributed by atoms with Crippen LogP contribution in [0.1, 0.15) is 13.7 Å². The van der Waals surface area contributed by atoms with Crippen molar-refractivity contribution in [1.29, 1.82) is 0 Å². The fraction of sp³-hybridized carbons (Fsp3) is 0. The van der Waals surface area contributed by atoms with E-state index in [9.17, 15) is 6.85 Å². The number of fused-ring (bicyclic) bond motifs is 5. The Labute approximate surface area is 275 Å². The van der Waals surface area contributed by atoms with Gasteiger partial charge in [-0.2, -0.15) is 0 Å². The largest absolute Gasteiger partial charge is 0.456 e. The van der Waals surface area contributed by atoms with E-state index in [4.69, 9.17) is 11.3 Å². The lowest BCUT2D eigenvalue weighted by atomic mass is 9.85. The maximum absolute atomic E-state index is 9.69. The molecule has 0 aliphatic carbocycles. The van der Waals surface area contributed by atoms with Gasteiger partial charge in [-0.25, -0.2) is 0 Å². The van der Waals surface area contributed by atoms with E-state index < -0.39 is 0 Å². The Hall–Kier alpha value is -5.92. The zero-order valence-electron chi connectivity index (χ0n) is 33.8. The summed E-state index contributed by atoms with van der Waals surface area (Å²) in [7, 11) is 0. The normalized spacial score (nSPS) is 14.7. The molecule has 0 bridgehead atoms. The first-order chi connectivity index (χ1) is 26.5. The number of hydrogen-bond acceptors (Lipinski definition) is 1. The molecular formula is C44H28O. The van der Waals surface area contributed by atoms with E-state index in [1.807, 2.05) is 24.3 Å².